The predicted molar refractivity (Wildman–Crippen MR) is 94.2 cm³/mol. The molecule has 21 heavy (non-hydrogen) atoms. The van der Waals surface area contributed by atoms with Gasteiger partial charge in [-0.15, -0.1) is 0 Å². The Kier molecular flexibility index (Phi) is 6.41. The van der Waals surface area contributed by atoms with E-state index >= 15 is 0 Å². The molecule has 0 heterocycles. The van der Waals surface area contributed by atoms with Gasteiger partial charge in [-0.1, -0.05) is 63.8 Å². The Hall–Kier alpha value is -0.873. The van der Waals surface area contributed by atoms with Crippen LogP contribution in [0, 0.1) is 5.92 Å². The maximum Gasteiger partial charge on any atom is 0.184 e. The minimum atomic E-state index is -3.29. The maximum atomic E-state index is 12.8. The molecule has 118 valence electrons. The van der Waals surface area contributed by atoms with Crippen molar-refractivity contribution in [2.75, 3.05) is 0 Å². The van der Waals surface area contributed by atoms with Gasteiger partial charge in [-0.25, -0.2) is 8.42 Å². The molecular formula is C17H28O2SSi. The van der Waals surface area contributed by atoms with Gasteiger partial charge in [0.25, 0.3) is 0 Å². The molecule has 0 bridgehead atoms. The van der Waals surface area contributed by atoms with Crippen molar-refractivity contribution in [1.29, 1.82) is 0 Å². The highest BCUT2D eigenvalue weighted by Gasteiger charge is 2.26. The SMILES string of the molecule is CC(C)CC(/C=C/C[Si](C)(C)C)S(=O)(=O)c1ccccc1. The summed E-state index contributed by atoms with van der Waals surface area (Å²) in [7, 11) is -4.47. The van der Waals surface area contributed by atoms with Gasteiger partial charge < -0.3 is 0 Å². The Labute approximate surface area is 131 Å². The van der Waals surface area contributed by atoms with Gasteiger partial charge in [0, 0.05) is 8.07 Å². The maximum absolute atomic E-state index is 12.8. The fourth-order valence-corrected chi connectivity index (χ4v) is 4.82. The number of hydrogen-bond donors (Lipinski definition) is 0. The summed E-state index contributed by atoms with van der Waals surface area (Å²) in [5, 5.41) is -0.420. The Balaban J connectivity index is 3.02. The van der Waals surface area contributed by atoms with Gasteiger partial charge in [-0.05, 0) is 30.5 Å². The molecule has 0 aliphatic carbocycles. The fourth-order valence-electron chi connectivity index (χ4n) is 2.13. The van der Waals surface area contributed by atoms with Crippen molar-refractivity contribution in [3.63, 3.8) is 0 Å². The first-order chi connectivity index (χ1) is 9.63. The molecule has 1 unspecified atom stereocenters. The molecule has 4 heteroatoms. The molecule has 0 radical (unpaired) electrons. The van der Waals surface area contributed by atoms with Crippen LogP contribution >= 0.6 is 0 Å². The highest BCUT2D eigenvalue weighted by molar-refractivity contribution is 7.92. The van der Waals surface area contributed by atoms with Crippen LogP contribution < -0.4 is 0 Å². The van der Waals surface area contributed by atoms with E-state index in [0.717, 1.165) is 6.04 Å². The fraction of sp³-hybridized carbons (Fsp3) is 0.529. The lowest BCUT2D eigenvalue weighted by atomic mass is 10.1. The monoisotopic (exact) mass is 324 g/mol. The summed E-state index contributed by atoms with van der Waals surface area (Å²) in [6.45, 7) is 11.0. The Morgan fingerprint density at radius 3 is 2.14 bits per heavy atom. The smallest absolute Gasteiger partial charge is 0.184 e. The molecule has 1 aromatic rings. The van der Waals surface area contributed by atoms with E-state index in [4.69, 9.17) is 0 Å². The highest BCUT2D eigenvalue weighted by atomic mass is 32.2. The largest absolute Gasteiger partial charge is 0.223 e. The zero-order chi connectivity index (χ0) is 16.1. The van der Waals surface area contributed by atoms with Crippen LogP contribution in [0.25, 0.3) is 0 Å². The zero-order valence-corrected chi connectivity index (χ0v) is 15.7. The van der Waals surface area contributed by atoms with E-state index in [-0.39, 0.29) is 0 Å². The molecule has 0 aromatic heterocycles. The molecule has 1 atom stereocenters. The van der Waals surface area contributed by atoms with Crippen molar-refractivity contribution in [3.05, 3.63) is 42.5 Å². The zero-order valence-electron chi connectivity index (χ0n) is 13.8. The molecule has 1 aromatic carbocycles. The van der Waals surface area contributed by atoms with Gasteiger partial charge in [0.2, 0.25) is 0 Å². The van der Waals surface area contributed by atoms with E-state index < -0.39 is 23.2 Å². The standard InChI is InChI=1S/C17H28O2SSi/c1-15(2)14-17(12-9-13-21(3,4)5)20(18,19)16-10-7-6-8-11-16/h6-12,15,17H,13-14H2,1-5H3/b12-9+. The van der Waals surface area contributed by atoms with Crippen LogP contribution in [0.15, 0.2) is 47.4 Å². The van der Waals surface area contributed by atoms with Crippen LogP contribution in [0.1, 0.15) is 20.3 Å². The van der Waals surface area contributed by atoms with Gasteiger partial charge in [-0.3, -0.25) is 0 Å². The summed E-state index contributed by atoms with van der Waals surface area (Å²) in [5.74, 6) is 0.352. The molecular weight excluding hydrogens is 296 g/mol. The van der Waals surface area contributed by atoms with Crippen molar-refractivity contribution in [3.8, 4) is 0 Å². The third kappa shape index (κ3) is 6.18. The lowest BCUT2D eigenvalue weighted by Gasteiger charge is -2.18. The molecule has 0 fully saturated rings. The van der Waals surface area contributed by atoms with Gasteiger partial charge >= 0.3 is 0 Å². The van der Waals surface area contributed by atoms with E-state index in [2.05, 4.69) is 39.6 Å². The minimum absolute atomic E-state index is 0.352. The van der Waals surface area contributed by atoms with E-state index in [1.54, 1.807) is 24.3 Å². The lowest BCUT2D eigenvalue weighted by molar-refractivity contribution is 0.550. The third-order valence-corrected chi connectivity index (χ3v) is 6.79. The molecule has 0 aliphatic rings. The molecule has 0 saturated carbocycles. The molecule has 0 aliphatic heterocycles. The van der Waals surface area contributed by atoms with E-state index in [1.807, 2.05) is 12.1 Å². The Morgan fingerprint density at radius 1 is 1.10 bits per heavy atom. The van der Waals surface area contributed by atoms with Crippen LogP contribution in [0.4, 0.5) is 0 Å². The summed E-state index contributed by atoms with van der Waals surface area (Å²) in [4.78, 5) is 0.424. The van der Waals surface area contributed by atoms with Crippen molar-refractivity contribution >= 4 is 17.9 Å². The Bertz CT molecular complexity index is 554. The van der Waals surface area contributed by atoms with Crippen molar-refractivity contribution < 1.29 is 8.42 Å². The van der Waals surface area contributed by atoms with Crippen LogP contribution in [0.5, 0.6) is 0 Å². The number of hydrogen-bond acceptors (Lipinski definition) is 2. The second-order valence-electron chi connectivity index (χ2n) is 7.22. The minimum Gasteiger partial charge on any atom is -0.223 e. The first kappa shape index (κ1) is 18.2. The number of benzene rings is 1. The van der Waals surface area contributed by atoms with Crippen molar-refractivity contribution in [1.82, 2.24) is 0 Å². The molecule has 1 rings (SSSR count). The second-order valence-corrected chi connectivity index (χ2v) is 14.9. The molecule has 0 saturated heterocycles. The molecule has 0 amide bonds. The van der Waals surface area contributed by atoms with E-state index in [1.165, 1.54) is 0 Å². The summed E-state index contributed by atoms with van der Waals surface area (Å²) in [6, 6.07) is 9.81. The van der Waals surface area contributed by atoms with Gasteiger partial charge in [0.15, 0.2) is 9.84 Å². The summed E-state index contributed by atoms with van der Waals surface area (Å²) >= 11 is 0. The van der Waals surface area contributed by atoms with Crippen LogP contribution in [0.3, 0.4) is 0 Å². The van der Waals surface area contributed by atoms with Gasteiger partial charge in [0.05, 0.1) is 10.1 Å². The van der Waals surface area contributed by atoms with Gasteiger partial charge in [-0.2, -0.15) is 0 Å². The first-order valence-corrected chi connectivity index (χ1v) is 12.8. The predicted octanol–water partition coefficient (Wildman–Crippen LogP) is 4.77. The summed E-state index contributed by atoms with van der Waals surface area (Å²) in [5.41, 5.74) is 0. The molecule has 2 nitrogen and oxygen atoms in total. The molecule has 0 N–H and O–H groups in total. The Morgan fingerprint density at radius 2 is 1.67 bits per heavy atom. The number of sulfone groups is 1. The number of rotatable bonds is 7. The van der Waals surface area contributed by atoms with Crippen molar-refractivity contribution in [2.45, 2.75) is 56.1 Å². The summed E-state index contributed by atoms with van der Waals surface area (Å²) in [6.07, 6.45) is 4.67. The number of allylic oxidation sites excluding steroid dienone is 1. The lowest BCUT2D eigenvalue weighted by Crippen LogP contribution is -2.22. The average Bonchev–Trinajstić information content (AvgIpc) is 2.36. The second kappa shape index (κ2) is 7.41. The third-order valence-electron chi connectivity index (χ3n) is 3.25. The molecule has 0 spiro atoms. The van der Waals surface area contributed by atoms with Crippen LogP contribution in [-0.4, -0.2) is 21.7 Å². The van der Waals surface area contributed by atoms with Gasteiger partial charge in [0.1, 0.15) is 0 Å². The highest BCUT2D eigenvalue weighted by Crippen LogP contribution is 2.23. The topological polar surface area (TPSA) is 34.1 Å². The van der Waals surface area contributed by atoms with Crippen LogP contribution in [-0.2, 0) is 9.84 Å². The van der Waals surface area contributed by atoms with Crippen LogP contribution in [0.2, 0.25) is 25.7 Å². The quantitative estimate of drug-likeness (QED) is 0.535. The first-order valence-electron chi connectivity index (χ1n) is 7.58. The average molecular weight is 325 g/mol. The van der Waals surface area contributed by atoms with E-state index in [0.29, 0.717) is 17.2 Å². The van der Waals surface area contributed by atoms with Crippen molar-refractivity contribution in [2.24, 2.45) is 5.92 Å². The van der Waals surface area contributed by atoms with E-state index in [9.17, 15) is 8.42 Å². The summed E-state index contributed by atoms with van der Waals surface area (Å²) < 4.78 is 25.6. The normalized spacial score (nSPS) is 14.8.